The molecule has 0 bridgehead atoms. The third kappa shape index (κ3) is 3.32. The van der Waals surface area contributed by atoms with Crippen LogP contribution in [0, 0.1) is 11.6 Å². The lowest BCUT2D eigenvalue weighted by molar-refractivity contribution is -0.00832. The summed E-state index contributed by atoms with van der Waals surface area (Å²) in [4.78, 5) is 16.0. The summed E-state index contributed by atoms with van der Waals surface area (Å²) in [5.41, 5.74) is 0.162. The fourth-order valence-corrected chi connectivity index (χ4v) is 2.29. The molecule has 0 radical (unpaired) electrons. The molecule has 1 fully saturated rings. The lowest BCUT2D eigenvalue weighted by Crippen LogP contribution is -2.52. The van der Waals surface area contributed by atoms with Gasteiger partial charge in [-0.2, -0.15) is 0 Å². The van der Waals surface area contributed by atoms with Gasteiger partial charge in [0.15, 0.2) is 11.6 Å². The molecule has 1 saturated heterocycles. The van der Waals surface area contributed by atoms with E-state index in [0.717, 1.165) is 12.1 Å². The molecule has 1 aromatic carbocycles. The fraction of sp³-hybridized carbons (Fsp3) is 0.500. The number of carbonyl (C=O) groups excluding carboxylic acids is 1. The van der Waals surface area contributed by atoms with Crippen LogP contribution < -0.4 is 0 Å². The minimum atomic E-state index is -1.01. The Morgan fingerprint density at radius 2 is 2.15 bits per heavy atom. The maximum atomic E-state index is 13.2. The molecule has 110 valence electrons. The SMILES string of the molecule is CN(C)CC1COCCN1C(=O)c1ccc(F)c(F)c1. The van der Waals surface area contributed by atoms with Crippen molar-refractivity contribution >= 4 is 5.91 Å². The van der Waals surface area contributed by atoms with E-state index in [1.807, 2.05) is 19.0 Å². The molecule has 1 aliphatic rings. The van der Waals surface area contributed by atoms with Gasteiger partial charge in [0.05, 0.1) is 19.3 Å². The molecule has 1 aromatic rings. The van der Waals surface area contributed by atoms with Crippen molar-refractivity contribution in [3.05, 3.63) is 35.4 Å². The van der Waals surface area contributed by atoms with E-state index in [4.69, 9.17) is 4.74 Å². The predicted molar refractivity (Wildman–Crippen MR) is 70.6 cm³/mol. The van der Waals surface area contributed by atoms with Crippen molar-refractivity contribution in [2.24, 2.45) is 0 Å². The first-order valence-corrected chi connectivity index (χ1v) is 6.47. The number of benzene rings is 1. The van der Waals surface area contributed by atoms with Gasteiger partial charge in [0.25, 0.3) is 5.91 Å². The Morgan fingerprint density at radius 1 is 1.40 bits per heavy atom. The smallest absolute Gasteiger partial charge is 0.254 e. The van der Waals surface area contributed by atoms with Crippen molar-refractivity contribution in [2.45, 2.75) is 6.04 Å². The Bertz CT molecular complexity index is 494. The second kappa shape index (κ2) is 6.28. The zero-order chi connectivity index (χ0) is 14.7. The molecule has 1 heterocycles. The highest BCUT2D eigenvalue weighted by Gasteiger charge is 2.28. The molecular formula is C14H18F2N2O2. The van der Waals surface area contributed by atoms with Crippen molar-refractivity contribution in [2.75, 3.05) is 40.4 Å². The molecule has 1 aliphatic heterocycles. The fourth-order valence-electron chi connectivity index (χ4n) is 2.29. The lowest BCUT2D eigenvalue weighted by Gasteiger charge is -2.37. The summed E-state index contributed by atoms with van der Waals surface area (Å²) in [6.07, 6.45) is 0. The Balaban J connectivity index is 2.18. The Morgan fingerprint density at radius 3 is 2.80 bits per heavy atom. The minimum absolute atomic E-state index is 0.0839. The second-order valence-corrected chi connectivity index (χ2v) is 5.12. The van der Waals surface area contributed by atoms with Crippen LogP contribution in [-0.2, 0) is 4.74 Å². The molecule has 2 rings (SSSR count). The highest BCUT2D eigenvalue weighted by Crippen LogP contribution is 2.15. The summed E-state index contributed by atoms with van der Waals surface area (Å²) in [5, 5.41) is 0. The van der Waals surface area contributed by atoms with Crippen LogP contribution in [0.1, 0.15) is 10.4 Å². The van der Waals surface area contributed by atoms with Gasteiger partial charge in [0.1, 0.15) is 0 Å². The molecule has 6 heteroatoms. The molecule has 0 aromatic heterocycles. The number of likely N-dealkylation sites (N-methyl/N-ethyl adjacent to an activating group) is 1. The van der Waals surface area contributed by atoms with Crippen LogP contribution in [0.3, 0.4) is 0 Å². The van der Waals surface area contributed by atoms with E-state index in [-0.39, 0.29) is 17.5 Å². The maximum Gasteiger partial charge on any atom is 0.254 e. The van der Waals surface area contributed by atoms with Crippen LogP contribution in [-0.4, -0.2) is 62.1 Å². The van der Waals surface area contributed by atoms with E-state index in [0.29, 0.717) is 26.3 Å². The molecule has 0 spiro atoms. The van der Waals surface area contributed by atoms with Gasteiger partial charge in [-0.05, 0) is 32.3 Å². The average Bonchev–Trinajstić information content (AvgIpc) is 2.41. The molecular weight excluding hydrogens is 266 g/mol. The normalized spacial score (nSPS) is 19.4. The second-order valence-electron chi connectivity index (χ2n) is 5.12. The molecule has 0 saturated carbocycles. The van der Waals surface area contributed by atoms with E-state index >= 15 is 0 Å². The van der Waals surface area contributed by atoms with E-state index in [9.17, 15) is 13.6 Å². The van der Waals surface area contributed by atoms with Gasteiger partial charge in [0, 0.05) is 18.7 Å². The van der Waals surface area contributed by atoms with E-state index in [1.54, 1.807) is 4.90 Å². The van der Waals surface area contributed by atoms with Crippen molar-refractivity contribution in [3.63, 3.8) is 0 Å². The summed E-state index contributed by atoms with van der Waals surface area (Å²) < 4.78 is 31.5. The Hall–Kier alpha value is -1.53. The first kappa shape index (κ1) is 14.9. The van der Waals surface area contributed by atoms with Crippen LogP contribution in [0.15, 0.2) is 18.2 Å². The molecule has 4 nitrogen and oxygen atoms in total. The third-order valence-corrected chi connectivity index (χ3v) is 3.23. The topological polar surface area (TPSA) is 32.8 Å². The van der Waals surface area contributed by atoms with Crippen LogP contribution >= 0.6 is 0 Å². The van der Waals surface area contributed by atoms with Gasteiger partial charge in [-0.25, -0.2) is 8.78 Å². The minimum Gasteiger partial charge on any atom is -0.377 e. The third-order valence-electron chi connectivity index (χ3n) is 3.23. The number of hydrogen-bond acceptors (Lipinski definition) is 3. The Labute approximate surface area is 116 Å². The standard InChI is InChI=1S/C14H18F2N2O2/c1-17(2)8-11-9-20-6-5-18(11)14(19)10-3-4-12(15)13(16)7-10/h3-4,7,11H,5-6,8-9H2,1-2H3. The van der Waals surface area contributed by atoms with E-state index < -0.39 is 11.6 Å². The highest BCUT2D eigenvalue weighted by molar-refractivity contribution is 5.94. The summed E-state index contributed by atoms with van der Waals surface area (Å²) >= 11 is 0. The zero-order valence-corrected chi connectivity index (χ0v) is 11.6. The predicted octanol–water partition coefficient (Wildman–Crippen LogP) is 1.37. The summed E-state index contributed by atoms with van der Waals surface area (Å²) in [5.74, 6) is -2.25. The van der Waals surface area contributed by atoms with Gasteiger partial charge in [0.2, 0.25) is 0 Å². The maximum absolute atomic E-state index is 13.2. The van der Waals surface area contributed by atoms with Gasteiger partial charge in [-0.1, -0.05) is 0 Å². The molecule has 1 unspecified atom stereocenters. The van der Waals surface area contributed by atoms with Crippen LogP contribution in [0.4, 0.5) is 8.78 Å². The number of ether oxygens (including phenoxy) is 1. The van der Waals surface area contributed by atoms with Gasteiger partial charge in [-0.3, -0.25) is 4.79 Å². The molecule has 1 amide bonds. The highest BCUT2D eigenvalue weighted by atomic mass is 19.2. The number of amides is 1. The van der Waals surface area contributed by atoms with Crippen LogP contribution in [0.25, 0.3) is 0 Å². The molecule has 20 heavy (non-hydrogen) atoms. The number of halogens is 2. The lowest BCUT2D eigenvalue weighted by atomic mass is 10.1. The van der Waals surface area contributed by atoms with E-state index in [2.05, 4.69) is 0 Å². The van der Waals surface area contributed by atoms with Crippen molar-refractivity contribution in [3.8, 4) is 0 Å². The van der Waals surface area contributed by atoms with Gasteiger partial charge < -0.3 is 14.5 Å². The first-order chi connectivity index (χ1) is 9.49. The van der Waals surface area contributed by atoms with Gasteiger partial charge in [-0.15, -0.1) is 0 Å². The largest absolute Gasteiger partial charge is 0.377 e. The summed E-state index contributed by atoms with van der Waals surface area (Å²) in [6.45, 7) is 2.03. The Kier molecular flexibility index (Phi) is 4.67. The van der Waals surface area contributed by atoms with E-state index in [1.165, 1.54) is 6.07 Å². The van der Waals surface area contributed by atoms with Crippen LogP contribution in [0.5, 0.6) is 0 Å². The van der Waals surface area contributed by atoms with Crippen LogP contribution in [0.2, 0.25) is 0 Å². The number of nitrogens with zero attached hydrogens (tertiary/aromatic N) is 2. The zero-order valence-electron chi connectivity index (χ0n) is 11.6. The first-order valence-electron chi connectivity index (χ1n) is 6.47. The average molecular weight is 284 g/mol. The number of morpholine rings is 1. The van der Waals surface area contributed by atoms with Crippen molar-refractivity contribution < 1.29 is 18.3 Å². The number of carbonyl (C=O) groups is 1. The monoisotopic (exact) mass is 284 g/mol. The molecule has 0 aliphatic carbocycles. The van der Waals surface area contributed by atoms with Gasteiger partial charge >= 0.3 is 0 Å². The summed E-state index contributed by atoms with van der Waals surface area (Å²) in [6, 6.07) is 3.14. The number of hydrogen-bond donors (Lipinski definition) is 0. The molecule has 1 atom stereocenters. The van der Waals surface area contributed by atoms with Crippen molar-refractivity contribution in [1.29, 1.82) is 0 Å². The van der Waals surface area contributed by atoms with Crippen molar-refractivity contribution in [1.82, 2.24) is 9.80 Å². The number of rotatable bonds is 3. The summed E-state index contributed by atoms with van der Waals surface area (Å²) in [7, 11) is 3.82. The quantitative estimate of drug-likeness (QED) is 0.840. The molecule has 0 N–H and O–H groups in total.